The molecule has 2 heterocycles. The fourth-order valence-corrected chi connectivity index (χ4v) is 3.83. The number of aromatic nitrogens is 1. The van der Waals surface area contributed by atoms with Crippen molar-refractivity contribution in [3.8, 4) is 22.8 Å². The summed E-state index contributed by atoms with van der Waals surface area (Å²) in [6, 6.07) is 13.0. The van der Waals surface area contributed by atoms with Crippen molar-refractivity contribution in [1.29, 1.82) is 0 Å². The first-order chi connectivity index (χ1) is 13.5. The van der Waals surface area contributed by atoms with E-state index in [2.05, 4.69) is 4.98 Å². The summed E-state index contributed by atoms with van der Waals surface area (Å²) in [5.74, 6) is 1.32. The molecule has 0 radical (unpaired) electrons. The number of hydrogen-bond acceptors (Lipinski definition) is 5. The number of aryl methyl sites for hydroxylation is 1. The molecular weight excluding hydrogens is 396 g/mol. The minimum atomic E-state index is -0.532. The lowest BCUT2D eigenvalue weighted by Crippen LogP contribution is -2.46. The molecule has 1 aliphatic heterocycles. The second-order valence-corrected chi connectivity index (χ2v) is 7.99. The Balaban J connectivity index is 1.56. The number of carbonyl (C=O) groups is 1. The molecule has 2 aromatic carbocycles. The minimum absolute atomic E-state index is 0.0844. The summed E-state index contributed by atoms with van der Waals surface area (Å²) in [7, 11) is 0. The molecule has 1 aliphatic rings. The maximum Gasteiger partial charge on any atom is 0.267 e. The molecule has 0 saturated heterocycles. The molecule has 0 N–H and O–H groups in total. The van der Waals surface area contributed by atoms with Crippen molar-refractivity contribution in [2.24, 2.45) is 0 Å². The quantitative estimate of drug-likeness (QED) is 0.591. The number of benzene rings is 2. The number of anilines is 1. The van der Waals surface area contributed by atoms with Crippen LogP contribution in [-0.2, 0) is 4.79 Å². The summed E-state index contributed by atoms with van der Waals surface area (Å²) in [6.45, 7) is 4.51. The van der Waals surface area contributed by atoms with Gasteiger partial charge in [-0.15, -0.1) is 11.3 Å². The van der Waals surface area contributed by atoms with E-state index in [0.29, 0.717) is 29.7 Å². The first-order valence-corrected chi connectivity index (χ1v) is 10.2. The molecule has 28 heavy (non-hydrogen) atoms. The van der Waals surface area contributed by atoms with Gasteiger partial charge in [-0.1, -0.05) is 11.6 Å². The highest BCUT2D eigenvalue weighted by molar-refractivity contribution is 7.09. The molecule has 1 atom stereocenters. The average molecular weight is 415 g/mol. The molecule has 144 valence electrons. The van der Waals surface area contributed by atoms with Crippen LogP contribution in [0, 0.1) is 6.92 Å². The van der Waals surface area contributed by atoms with Gasteiger partial charge in [0.2, 0.25) is 0 Å². The highest BCUT2D eigenvalue weighted by Crippen LogP contribution is 2.37. The van der Waals surface area contributed by atoms with Gasteiger partial charge in [-0.2, -0.15) is 0 Å². The van der Waals surface area contributed by atoms with Crippen LogP contribution in [-0.4, -0.2) is 30.1 Å². The second kappa shape index (κ2) is 7.81. The third-order valence-electron chi connectivity index (χ3n) is 4.48. The van der Waals surface area contributed by atoms with Crippen molar-refractivity contribution >= 4 is 34.5 Å². The highest BCUT2D eigenvalue weighted by Gasteiger charge is 2.31. The van der Waals surface area contributed by atoms with Gasteiger partial charge in [-0.05, 0) is 56.3 Å². The molecule has 0 spiro atoms. The van der Waals surface area contributed by atoms with Crippen LogP contribution in [0.5, 0.6) is 11.5 Å². The maximum absolute atomic E-state index is 12.7. The second-order valence-electron chi connectivity index (χ2n) is 6.49. The summed E-state index contributed by atoms with van der Waals surface area (Å²) in [4.78, 5) is 19.0. The van der Waals surface area contributed by atoms with Crippen molar-refractivity contribution in [3.05, 3.63) is 57.9 Å². The van der Waals surface area contributed by atoms with Crippen LogP contribution in [0.25, 0.3) is 11.3 Å². The SMILES string of the molecule is Cc1nc(-c2ccc3c(c2)N(CCOc2ccc(Cl)cc2)C(=O)C(C)O3)cs1. The first kappa shape index (κ1) is 18.8. The molecule has 4 rings (SSSR count). The van der Waals surface area contributed by atoms with Gasteiger partial charge in [0.1, 0.15) is 18.1 Å². The van der Waals surface area contributed by atoms with Crippen LogP contribution in [0.3, 0.4) is 0 Å². The molecule has 0 fully saturated rings. The summed E-state index contributed by atoms with van der Waals surface area (Å²) in [5, 5.41) is 3.67. The highest BCUT2D eigenvalue weighted by atomic mass is 35.5. The topological polar surface area (TPSA) is 51.7 Å². The lowest BCUT2D eigenvalue weighted by atomic mass is 10.1. The van der Waals surface area contributed by atoms with E-state index in [-0.39, 0.29) is 5.91 Å². The molecule has 3 aromatic rings. The molecule has 1 amide bonds. The van der Waals surface area contributed by atoms with Gasteiger partial charge in [0.15, 0.2) is 6.10 Å². The number of rotatable bonds is 5. The summed E-state index contributed by atoms with van der Waals surface area (Å²) < 4.78 is 11.6. The summed E-state index contributed by atoms with van der Waals surface area (Å²) in [6.07, 6.45) is -0.532. The molecule has 1 unspecified atom stereocenters. The van der Waals surface area contributed by atoms with Gasteiger partial charge in [0.05, 0.1) is 22.9 Å². The van der Waals surface area contributed by atoms with Gasteiger partial charge < -0.3 is 14.4 Å². The average Bonchev–Trinajstić information content (AvgIpc) is 3.12. The Kier molecular flexibility index (Phi) is 5.24. The predicted octanol–water partition coefficient (Wildman–Crippen LogP) is 4.96. The molecule has 7 heteroatoms. The normalized spacial score (nSPS) is 15.9. The molecule has 5 nitrogen and oxygen atoms in total. The van der Waals surface area contributed by atoms with Crippen LogP contribution >= 0.6 is 22.9 Å². The van der Waals surface area contributed by atoms with E-state index in [1.807, 2.05) is 42.6 Å². The molecule has 0 bridgehead atoms. The molecule has 0 aliphatic carbocycles. The zero-order chi connectivity index (χ0) is 19.7. The van der Waals surface area contributed by atoms with E-state index < -0.39 is 6.10 Å². The lowest BCUT2D eigenvalue weighted by Gasteiger charge is -2.33. The van der Waals surface area contributed by atoms with E-state index in [4.69, 9.17) is 21.1 Å². The zero-order valence-electron chi connectivity index (χ0n) is 15.5. The minimum Gasteiger partial charge on any atom is -0.492 e. The van der Waals surface area contributed by atoms with Crippen molar-refractivity contribution in [2.75, 3.05) is 18.1 Å². The number of hydrogen-bond donors (Lipinski definition) is 0. The van der Waals surface area contributed by atoms with Crippen LogP contribution in [0.2, 0.25) is 5.02 Å². The van der Waals surface area contributed by atoms with Gasteiger partial charge in [0, 0.05) is 16.0 Å². The summed E-state index contributed by atoms with van der Waals surface area (Å²) >= 11 is 7.50. The van der Waals surface area contributed by atoms with Crippen LogP contribution in [0.1, 0.15) is 11.9 Å². The number of fused-ring (bicyclic) bond motifs is 1. The third-order valence-corrected chi connectivity index (χ3v) is 5.50. The number of ether oxygens (including phenoxy) is 2. The van der Waals surface area contributed by atoms with Crippen molar-refractivity contribution < 1.29 is 14.3 Å². The molecule has 0 saturated carbocycles. The Morgan fingerprint density at radius 1 is 1.25 bits per heavy atom. The van der Waals surface area contributed by atoms with E-state index in [0.717, 1.165) is 22.0 Å². The lowest BCUT2D eigenvalue weighted by molar-refractivity contribution is -0.125. The van der Waals surface area contributed by atoms with Crippen LogP contribution in [0.15, 0.2) is 47.8 Å². The van der Waals surface area contributed by atoms with E-state index in [1.54, 1.807) is 35.3 Å². The summed E-state index contributed by atoms with van der Waals surface area (Å²) in [5.41, 5.74) is 2.59. The van der Waals surface area contributed by atoms with Crippen molar-refractivity contribution in [2.45, 2.75) is 20.0 Å². The monoisotopic (exact) mass is 414 g/mol. The van der Waals surface area contributed by atoms with Gasteiger partial charge in [-0.25, -0.2) is 4.98 Å². The van der Waals surface area contributed by atoms with Crippen LogP contribution < -0.4 is 14.4 Å². The fourth-order valence-electron chi connectivity index (χ4n) is 3.08. The number of amides is 1. The predicted molar refractivity (Wildman–Crippen MR) is 112 cm³/mol. The molecular formula is C21H19ClN2O3S. The van der Waals surface area contributed by atoms with E-state index in [1.165, 1.54) is 0 Å². The number of thiazole rings is 1. The van der Waals surface area contributed by atoms with Gasteiger partial charge in [-0.3, -0.25) is 4.79 Å². The molecule has 1 aromatic heterocycles. The van der Waals surface area contributed by atoms with Crippen molar-refractivity contribution in [3.63, 3.8) is 0 Å². The largest absolute Gasteiger partial charge is 0.492 e. The number of halogens is 1. The zero-order valence-corrected chi connectivity index (χ0v) is 17.1. The van der Waals surface area contributed by atoms with Gasteiger partial charge >= 0.3 is 0 Å². The van der Waals surface area contributed by atoms with Crippen molar-refractivity contribution in [1.82, 2.24) is 4.98 Å². The Labute approximate surface area is 172 Å². The smallest absolute Gasteiger partial charge is 0.267 e. The van der Waals surface area contributed by atoms with Crippen LogP contribution in [0.4, 0.5) is 5.69 Å². The fraction of sp³-hybridized carbons (Fsp3) is 0.238. The van der Waals surface area contributed by atoms with E-state index >= 15 is 0 Å². The maximum atomic E-state index is 12.7. The number of carbonyl (C=O) groups excluding carboxylic acids is 1. The Morgan fingerprint density at radius 2 is 2.04 bits per heavy atom. The third kappa shape index (κ3) is 3.84. The van der Waals surface area contributed by atoms with Gasteiger partial charge in [0.25, 0.3) is 5.91 Å². The van der Waals surface area contributed by atoms with E-state index in [9.17, 15) is 4.79 Å². The Bertz CT molecular complexity index is 1000. The standard InChI is InChI=1S/C21H19ClN2O3S/c1-13-21(25)24(9-10-26-17-6-4-16(22)5-7-17)19-11-15(3-8-20(19)27-13)18-12-28-14(2)23-18/h3-8,11-13H,9-10H2,1-2H3. The number of nitrogens with zero attached hydrogens (tertiary/aromatic N) is 2. The Hall–Kier alpha value is -2.57. The Morgan fingerprint density at radius 3 is 2.75 bits per heavy atom. The first-order valence-electron chi connectivity index (χ1n) is 8.94.